The van der Waals surface area contributed by atoms with Gasteiger partial charge in [0.1, 0.15) is 0 Å². The minimum Gasteiger partial charge on any atom is -0.398 e. The highest BCUT2D eigenvalue weighted by Gasteiger charge is 2.20. The molecule has 0 unspecified atom stereocenters. The summed E-state index contributed by atoms with van der Waals surface area (Å²) in [5.41, 5.74) is 9.93. The van der Waals surface area contributed by atoms with E-state index in [1.54, 1.807) is 0 Å². The van der Waals surface area contributed by atoms with E-state index in [1.807, 2.05) is 12.1 Å². The Hall–Kier alpha value is -2.10. The second-order valence-corrected chi connectivity index (χ2v) is 4.78. The number of Topliss-reactive ketones (excluding diaryl/α,β-unsaturated/α-hetero) is 1. The third kappa shape index (κ3) is 1.53. The maximum atomic E-state index is 12.0. The minimum absolute atomic E-state index is 0.189. The SMILES string of the molecule is N=Cc1cc2[nH]c3c(c2cc1N)CCCCC3=O. The van der Waals surface area contributed by atoms with Crippen LogP contribution in [0.25, 0.3) is 10.9 Å². The van der Waals surface area contributed by atoms with Crippen LogP contribution in [0, 0.1) is 5.41 Å². The Morgan fingerprint density at radius 2 is 2.06 bits per heavy atom. The van der Waals surface area contributed by atoms with E-state index >= 15 is 0 Å². The van der Waals surface area contributed by atoms with Gasteiger partial charge in [0.25, 0.3) is 0 Å². The van der Waals surface area contributed by atoms with Crippen LogP contribution >= 0.6 is 0 Å². The van der Waals surface area contributed by atoms with Gasteiger partial charge in [0.2, 0.25) is 0 Å². The van der Waals surface area contributed by atoms with Gasteiger partial charge in [-0.05, 0) is 37.0 Å². The number of anilines is 1. The lowest BCUT2D eigenvalue weighted by atomic mass is 10.0. The fourth-order valence-corrected chi connectivity index (χ4v) is 2.67. The van der Waals surface area contributed by atoms with E-state index in [2.05, 4.69) is 4.98 Å². The van der Waals surface area contributed by atoms with Crippen LogP contribution in [0.5, 0.6) is 0 Å². The van der Waals surface area contributed by atoms with E-state index in [-0.39, 0.29) is 5.78 Å². The fourth-order valence-electron chi connectivity index (χ4n) is 2.67. The van der Waals surface area contributed by atoms with Gasteiger partial charge in [0.05, 0.1) is 5.69 Å². The summed E-state index contributed by atoms with van der Waals surface area (Å²) in [5.74, 6) is 0.189. The molecule has 92 valence electrons. The summed E-state index contributed by atoms with van der Waals surface area (Å²) in [6.07, 6.45) is 4.77. The van der Waals surface area contributed by atoms with Gasteiger partial charge in [-0.15, -0.1) is 0 Å². The number of carbonyl (C=O) groups is 1. The van der Waals surface area contributed by atoms with Crippen molar-refractivity contribution in [1.29, 1.82) is 5.41 Å². The first-order valence-electron chi connectivity index (χ1n) is 6.18. The van der Waals surface area contributed by atoms with Gasteiger partial charge in [0, 0.05) is 34.8 Å². The van der Waals surface area contributed by atoms with Crippen LogP contribution in [-0.4, -0.2) is 17.0 Å². The Labute approximate surface area is 105 Å². The molecular formula is C14H15N3O. The number of benzene rings is 1. The molecule has 1 aliphatic carbocycles. The maximum Gasteiger partial charge on any atom is 0.179 e. The molecule has 0 saturated heterocycles. The Balaban J connectivity index is 2.30. The first-order valence-corrected chi connectivity index (χ1v) is 6.18. The standard InChI is InChI=1S/C14H15N3O/c15-7-8-5-12-10(6-11(8)16)9-3-1-2-4-13(18)14(9)17-12/h5-7,15,17H,1-4,16H2. The summed E-state index contributed by atoms with van der Waals surface area (Å²) < 4.78 is 0. The van der Waals surface area contributed by atoms with Crippen LogP contribution in [0.15, 0.2) is 12.1 Å². The number of H-pyrrole nitrogens is 1. The number of aromatic nitrogens is 1. The quantitative estimate of drug-likeness (QED) is 0.407. The molecule has 0 saturated carbocycles. The van der Waals surface area contributed by atoms with E-state index in [9.17, 15) is 4.79 Å². The van der Waals surface area contributed by atoms with Crippen molar-refractivity contribution in [2.24, 2.45) is 0 Å². The van der Waals surface area contributed by atoms with Crippen molar-refractivity contribution in [2.45, 2.75) is 25.7 Å². The fraction of sp³-hybridized carbons (Fsp3) is 0.286. The van der Waals surface area contributed by atoms with Crippen molar-refractivity contribution in [3.8, 4) is 0 Å². The molecule has 4 N–H and O–H groups in total. The highest BCUT2D eigenvalue weighted by molar-refractivity contribution is 6.04. The number of nitrogen functional groups attached to an aromatic ring is 1. The molecule has 0 aliphatic heterocycles. The second-order valence-electron chi connectivity index (χ2n) is 4.78. The first kappa shape index (κ1) is 11.0. The number of fused-ring (bicyclic) bond motifs is 3. The molecule has 1 aliphatic rings. The van der Waals surface area contributed by atoms with Gasteiger partial charge >= 0.3 is 0 Å². The lowest BCUT2D eigenvalue weighted by Gasteiger charge is -2.02. The van der Waals surface area contributed by atoms with Gasteiger partial charge in [0.15, 0.2) is 5.78 Å². The molecule has 1 heterocycles. The molecule has 0 radical (unpaired) electrons. The van der Waals surface area contributed by atoms with E-state index in [1.165, 1.54) is 6.21 Å². The van der Waals surface area contributed by atoms with Crippen molar-refractivity contribution in [2.75, 3.05) is 5.73 Å². The van der Waals surface area contributed by atoms with Gasteiger partial charge in [-0.2, -0.15) is 0 Å². The van der Waals surface area contributed by atoms with Crippen LogP contribution < -0.4 is 5.73 Å². The molecule has 2 aromatic rings. The van der Waals surface area contributed by atoms with Crippen molar-refractivity contribution < 1.29 is 4.79 Å². The number of rotatable bonds is 1. The summed E-state index contributed by atoms with van der Waals surface area (Å²) in [7, 11) is 0. The zero-order valence-corrected chi connectivity index (χ0v) is 10.0. The monoisotopic (exact) mass is 241 g/mol. The minimum atomic E-state index is 0.189. The topological polar surface area (TPSA) is 82.7 Å². The smallest absolute Gasteiger partial charge is 0.179 e. The van der Waals surface area contributed by atoms with Gasteiger partial charge in [-0.3, -0.25) is 4.79 Å². The Bertz CT molecular complexity index is 655. The molecule has 0 bridgehead atoms. The summed E-state index contributed by atoms with van der Waals surface area (Å²) >= 11 is 0. The largest absolute Gasteiger partial charge is 0.398 e. The molecule has 1 aromatic carbocycles. The molecule has 4 heteroatoms. The van der Waals surface area contributed by atoms with E-state index < -0.39 is 0 Å². The van der Waals surface area contributed by atoms with Crippen molar-refractivity contribution >= 4 is 28.6 Å². The third-order valence-corrected chi connectivity index (χ3v) is 3.62. The van der Waals surface area contributed by atoms with E-state index in [0.717, 1.165) is 41.4 Å². The van der Waals surface area contributed by atoms with Gasteiger partial charge in [-0.25, -0.2) is 0 Å². The first-order chi connectivity index (χ1) is 8.70. The molecule has 4 nitrogen and oxygen atoms in total. The summed E-state index contributed by atoms with van der Waals surface area (Å²) in [4.78, 5) is 15.2. The van der Waals surface area contributed by atoms with Crippen LogP contribution in [0.3, 0.4) is 0 Å². The molecular weight excluding hydrogens is 226 g/mol. The predicted molar refractivity (Wildman–Crippen MR) is 72.5 cm³/mol. The normalized spacial score (nSPS) is 15.4. The summed E-state index contributed by atoms with van der Waals surface area (Å²) in [5, 5.41) is 8.34. The van der Waals surface area contributed by atoms with Crippen molar-refractivity contribution in [3.63, 3.8) is 0 Å². The Kier molecular flexibility index (Phi) is 2.44. The van der Waals surface area contributed by atoms with Crippen LogP contribution in [-0.2, 0) is 6.42 Å². The van der Waals surface area contributed by atoms with E-state index in [4.69, 9.17) is 11.1 Å². The molecule has 0 atom stereocenters. The number of nitrogens with two attached hydrogens (primary N) is 1. The predicted octanol–water partition coefficient (Wildman–Crippen LogP) is 2.66. The van der Waals surface area contributed by atoms with Crippen LogP contribution in [0.2, 0.25) is 0 Å². The number of hydrogen-bond donors (Lipinski definition) is 3. The van der Waals surface area contributed by atoms with Crippen molar-refractivity contribution in [1.82, 2.24) is 4.98 Å². The average molecular weight is 241 g/mol. The van der Waals surface area contributed by atoms with E-state index in [0.29, 0.717) is 17.7 Å². The van der Waals surface area contributed by atoms with Crippen LogP contribution in [0.4, 0.5) is 5.69 Å². The summed E-state index contributed by atoms with van der Waals surface area (Å²) in [6.45, 7) is 0. The molecule has 18 heavy (non-hydrogen) atoms. The lowest BCUT2D eigenvalue weighted by Crippen LogP contribution is -1.98. The number of aromatic amines is 1. The highest BCUT2D eigenvalue weighted by atomic mass is 16.1. The lowest BCUT2D eigenvalue weighted by molar-refractivity contribution is 0.0978. The molecule has 1 aromatic heterocycles. The van der Waals surface area contributed by atoms with Crippen molar-refractivity contribution in [3.05, 3.63) is 29.0 Å². The van der Waals surface area contributed by atoms with Gasteiger partial charge in [-0.1, -0.05) is 0 Å². The number of aryl methyl sites for hydroxylation is 1. The number of nitrogens with one attached hydrogen (secondary N) is 2. The number of hydrogen-bond acceptors (Lipinski definition) is 3. The Morgan fingerprint density at radius 1 is 1.28 bits per heavy atom. The molecule has 0 fully saturated rings. The van der Waals surface area contributed by atoms with Crippen LogP contribution in [0.1, 0.15) is 40.9 Å². The van der Waals surface area contributed by atoms with Gasteiger partial charge < -0.3 is 16.1 Å². The zero-order valence-electron chi connectivity index (χ0n) is 10.0. The zero-order chi connectivity index (χ0) is 12.7. The average Bonchev–Trinajstić information content (AvgIpc) is 2.61. The number of ketones is 1. The highest BCUT2D eigenvalue weighted by Crippen LogP contribution is 2.30. The third-order valence-electron chi connectivity index (χ3n) is 3.62. The summed E-state index contributed by atoms with van der Waals surface area (Å²) in [6, 6.07) is 3.73. The molecule has 3 rings (SSSR count). The maximum absolute atomic E-state index is 12.0. The Morgan fingerprint density at radius 3 is 2.83 bits per heavy atom. The number of carbonyl (C=O) groups excluding carboxylic acids is 1. The second kappa shape index (κ2) is 3.98. The molecule has 0 spiro atoms. The molecule has 0 amide bonds.